The minimum absolute atomic E-state index is 0.0537. The van der Waals surface area contributed by atoms with Crippen molar-refractivity contribution in [3.8, 4) is 0 Å². The zero-order valence-electron chi connectivity index (χ0n) is 7.19. The summed E-state index contributed by atoms with van der Waals surface area (Å²) in [4.78, 5) is 14.7. The molecular formula is C7H12N4O2. The number of rotatable bonds is 5. The Balaban J connectivity index is 2.11. The van der Waals surface area contributed by atoms with E-state index in [-0.39, 0.29) is 5.91 Å². The smallest absolute Gasteiger partial charge is 0.228 e. The van der Waals surface area contributed by atoms with Crippen molar-refractivity contribution in [1.82, 2.24) is 15.5 Å². The Labute approximate surface area is 75.5 Å². The molecule has 0 aliphatic heterocycles. The molecule has 1 aromatic rings. The van der Waals surface area contributed by atoms with Crippen molar-refractivity contribution in [2.75, 3.05) is 13.1 Å². The van der Waals surface area contributed by atoms with Gasteiger partial charge in [-0.3, -0.25) is 4.79 Å². The van der Waals surface area contributed by atoms with E-state index in [9.17, 15) is 4.79 Å². The lowest BCUT2D eigenvalue weighted by molar-refractivity contribution is -0.120. The molecule has 1 rings (SSSR count). The molecule has 6 heteroatoms. The van der Waals surface area contributed by atoms with Crippen LogP contribution in [-0.2, 0) is 11.2 Å². The molecule has 0 saturated carbocycles. The van der Waals surface area contributed by atoms with Crippen LogP contribution in [-0.4, -0.2) is 29.1 Å². The molecule has 1 heterocycles. The number of amides is 1. The third kappa shape index (κ3) is 3.66. The van der Waals surface area contributed by atoms with Crippen LogP contribution in [0.4, 0.5) is 0 Å². The maximum absolute atomic E-state index is 10.9. The van der Waals surface area contributed by atoms with Crippen LogP contribution in [0.3, 0.4) is 0 Å². The van der Waals surface area contributed by atoms with Gasteiger partial charge in [-0.05, 0) is 0 Å². The van der Waals surface area contributed by atoms with Crippen LogP contribution in [0.5, 0.6) is 0 Å². The molecule has 72 valence electrons. The highest BCUT2D eigenvalue weighted by Crippen LogP contribution is 1.90. The lowest BCUT2D eigenvalue weighted by Gasteiger charge is -2.00. The van der Waals surface area contributed by atoms with Gasteiger partial charge in [0.15, 0.2) is 6.33 Å². The molecule has 0 atom stereocenters. The van der Waals surface area contributed by atoms with Crippen molar-refractivity contribution in [3.05, 3.63) is 12.2 Å². The van der Waals surface area contributed by atoms with Gasteiger partial charge < -0.3 is 15.6 Å². The van der Waals surface area contributed by atoms with Gasteiger partial charge in [0.1, 0.15) is 0 Å². The summed E-state index contributed by atoms with van der Waals surface area (Å²) >= 11 is 0. The number of nitrogens with one attached hydrogen (secondary N) is 1. The van der Waals surface area contributed by atoms with E-state index < -0.39 is 0 Å². The maximum atomic E-state index is 10.9. The largest absolute Gasteiger partial charge is 0.356 e. The van der Waals surface area contributed by atoms with Crippen LogP contribution in [0.1, 0.15) is 12.3 Å². The summed E-state index contributed by atoms with van der Waals surface area (Å²) in [5, 5.41) is 6.11. The molecule has 0 unspecified atom stereocenters. The maximum Gasteiger partial charge on any atom is 0.228 e. The second-order valence-electron chi connectivity index (χ2n) is 2.47. The van der Waals surface area contributed by atoms with Crippen molar-refractivity contribution < 1.29 is 9.32 Å². The van der Waals surface area contributed by atoms with Gasteiger partial charge in [0, 0.05) is 25.9 Å². The monoisotopic (exact) mass is 184 g/mol. The summed E-state index contributed by atoms with van der Waals surface area (Å²) in [6, 6.07) is 0. The average molecular weight is 184 g/mol. The van der Waals surface area contributed by atoms with Gasteiger partial charge in [-0.2, -0.15) is 4.98 Å². The molecule has 0 aliphatic rings. The fraction of sp³-hybridized carbons (Fsp3) is 0.571. The van der Waals surface area contributed by atoms with Gasteiger partial charge in [-0.1, -0.05) is 5.16 Å². The number of nitrogens with zero attached hydrogens (tertiary/aromatic N) is 2. The van der Waals surface area contributed by atoms with E-state index in [0.29, 0.717) is 31.8 Å². The minimum Gasteiger partial charge on any atom is -0.356 e. The van der Waals surface area contributed by atoms with Crippen LogP contribution in [0.15, 0.2) is 10.9 Å². The van der Waals surface area contributed by atoms with Crippen molar-refractivity contribution in [1.29, 1.82) is 0 Å². The lowest BCUT2D eigenvalue weighted by Crippen LogP contribution is -2.27. The van der Waals surface area contributed by atoms with Crippen molar-refractivity contribution in [2.45, 2.75) is 12.8 Å². The van der Waals surface area contributed by atoms with Gasteiger partial charge in [0.05, 0.1) is 0 Å². The first-order valence-corrected chi connectivity index (χ1v) is 4.05. The molecule has 0 radical (unpaired) electrons. The van der Waals surface area contributed by atoms with E-state index in [1.54, 1.807) is 0 Å². The van der Waals surface area contributed by atoms with Crippen molar-refractivity contribution in [2.24, 2.45) is 5.73 Å². The number of hydrogen-bond acceptors (Lipinski definition) is 5. The fourth-order valence-corrected chi connectivity index (χ4v) is 0.834. The SMILES string of the molecule is NCCC(=O)NCCc1ncno1. The third-order valence-corrected chi connectivity index (χ3v) is 1.44. The Bertz CT molecular complexity index is 247. The molecule has 1 aromatic heterocycles. The van der Waals surface area contributed by atoms with E-state index in [4.69, 9.17) is 10.3 Å². The second kappa shape index (κ2) is 5.26. The van der Waals surface area contributed by atoms with Crippen LogP contribution in [0.25, 0.3) is 0 Å². The fourth-order valence-electron chi connectivity index (χ4n) is 0.834. The molecule has 0 aromatic carbocycles. The van der Waals surface area contributed by atoms with Crippen LogP contribution in [0.2, 0.25) is 0 Å². The summed E-state index contributed by atoms with van der Waals surface area (Å²) in [5.41, 5.74) is 5.19. The number of aromatic nitrogens is 2. The first-order chi connectivity index (χ1) is 6.33. The molecule has 0 bridgehead atoms. The highest BCUT2D eigenvalue weighted by Gasteiger charge is 2.01. The van der Waals surface area contributed by atoms with E-state index in [1.807, 2.05) is 0 Å². The Morgan fingerprint density at radius 3 is 3.15 bits per heavy atom. The topological polar surface area (TPSA) is 94.0 Å². The van der Waals surface area contributed by atoms with E-state index in [1.165, 1.54) is 6.33 Å². The molecule has 0 fully saturated rings. The van der Waals surface area contributed by atoms with Gasteiger partial charge in [-0.25, -0.2) is 0 Å². The highest BCUT2D eigenvalue weighted by molar-refractivity contribution is 5.75. The van der Waals surface area contributed by atoms with Gasteiger partial charge in [0.25, 0.3) is 0 Å². The Hall–Kier alpha value is -1.43. The van der Waals surface area contributed by atoms with Crippen molar-refractivity contribution in [3.63, 3.8) is 0 Å². The Kier molecular flexibility index (Phi) is 3.90. The molecule has 0 spiro atoms. The summed E-state index contributed by atoms with van der Waals surface area (Å²) < 4.78 is 4.74. The molecule has 1 amide bonds. The number of hydrogen-bond donors (Lipinski definition) is 2. The Morgan fingerprint density at radius 2 is 2.54 bits per heavy atom. The molecule has 0 aliphatic carbocycles. The zero-order chi connectivity index (χ0) is 9.52. The zero-order valence-corrected chi connectivity index (χ0v) is 7.19. The quantitative estimate of drug-likeness (QED) is 0.617. The first-order valence-electron chi connectivity index (χ1n) is 4.05. The summed E-state index contributed by atoms with van der Waals surface area (Å²) in [6.45, 7) is 0.868. The summed E-state index contributed by atoms with van der Waals surface area (Å²) in [5.74, 6) is 0.468. The minimum atomic E-state index is -0.0537. The number of nitrogens with two attached hydrogens (primary N) is 1. The van der Waals surface area contributed by atoms with E-state index >= 15 is 0 Å². The van der Waals surface area contributed by atoms with Gasteiger partial charge in [0.2, 0.25) is 11.8 Å². The molecule has 6 nitrogen and oxygen atoms in total. The average Bonchev–Trinajstić information content (AvgIpc) is 2.57. The second-order valence-corrected chi connectivity index (χ2v) is 2.47. The van der Waals surface area contributed by atoms with Gasteiger partial charge in [-0.15, -0.1) is 0 Å². The normalized spacial score (nSPS) is 9.92. The lowest BCUT2D eigenvalue weighted by atomic mass is 10.3. The molecule has 13 heavy (non-hydrogen) atoms. The molecule has 0 saturated heterocycles. The van der Waals surface area contributed by atoms with E-state index in [0.717, 1.165) is 0 Å². The highest BCUT2D eigenvalue weighted by atomic mass is 16.5. The molecule has 3 N–H and O–H groups in total. The third-order valence-electron chi connectivity index (χ3n) is 1.44. The van der Waals surface area contributed by atoms with Crippen molar-refractivity contribution >= 4 is 5.91 Å². The summed E-state index contributed by atoms with van der Waals surface area (Å²) in [7, 11) is 0. The predicted octanol–water partition coefficient (Wildman–Crippen LogP) is -0.923. The Morgan fingerprint density at radius 1 is 1.69 bits per heavy atom. The van der Waals surface area contributed by atoms with E-state index in [2.05, 4.69) is 15.5 Å². The standard InChI is InChI=1S/C7H12N4O2/c8-3-1-6(12)9-4-2-7-10-5-11-13-7/h5H,1-4,8H2,(H,9,12). The predicted molar refractivity (Wildman–Crippen MR) is 44.7 cm³/mol. The number of carbonyl (C=O) groups is 1. The first kappa shape index (κ1) is 9.66. The molecular weight excluding hydrogens is 172 g/mol. The number of carbonyl (C=O) groups excluding carboxylic acids is 1. The van der Waals surface area contributed by atoms with Gasteiger partial charge >= 0.3 is 0 Å². The summed E-state index contributed by atoms with van der Waals surface area (Å²) in [6.07, 6.45) is 2.23. The van der Waals surface area contributed by atoms with Crippen LogP contribution < -0.4 is 11.1 Å². The van der Waals surface area contributed by atoms with Crippen LogP contribution >= 0.6 is 0 Å². The van der Waals surface area contributed by atoms with Crippen LogP contribution in [0, 0.1) is 0 Å².